The molecule has 400 valence electrons. The summed E-state index contributed by atoms with van der Waals surface area (Å²) in [6.07, 6.45) is -0.757. The number of para-hydroxylation sites is 1. The molecule has 8 N–H and O–H groups in total. The van der Waals surface area contributed by atoms with Crippen molar-refractivity contribution in [2.75, 3.05) is 14.1 Å². The number of benzene rings is 1. The molecule has 0 spiro atoms. The molecule has 22 nitrogen and oxygen atoms in total. The number of carboxylic acid groups (broad SMARTS) is 4. The van der Waals surface area contributed by atoms with Gasteiger partial charge >= 0.3 is 30.0 Å². The van der Waals surface area contributed by atoms with Crippen molar-refractivity contribution in [3.63, 3.8) is 0 Å². The molecule has 1 unspecified atom stereocenters. The summed E-state index contributed by atoms with van der Waals surface area (Å²) in [5.74, 6) is -10.3. The van der Waals surface area contributed by atoms with Crippen LogP contribution in [0.25, 0.3) is 10.9 Å². The lowest BCUT2D eigenvalue weighted by Gasteiger charge is -2.42. The monoisotopic (exact) mass is 1010 g/mol. The zero-order chi connectivity index (χ0) is 55.4. The van der Waals surface area contributed by atoms with Gasteiger partial charge in [0.2, 0.25) is 29.5 Å². The molecule has 0 fully saturated rings. The number of nitrogens with one attached hydrogen (secondary N) is 4. The third-order valence-electron chi connectivity index (χ3n) is 12.1. The lowest BCUT2D eigenvalue weighted by molar-refractivity contribution is -0.144. The van der Waals surface area contributed by atoms with E-state index in [-0.39, 0.29) is 11.5 Å². The van der Waals surface area contributed by atoms with Gasteiger partial charge in [-0.2, -0.15) is 0 Å². The summed E-state index contributed by atoms with van der Waals surface area (Å²) in [4.78, 5) is 132. The Kier molecular flexibility index (Phi) is 21.6. The van der Waals surface area contributed by atoms with E-state index >= 15 is 0 Å². The van der Waals surface area contributed by atoms with E-state index in [9.17, 15) is 58.2 Å². The van der Waals surface area contributed by atoms with Crippen LogP contribution in [0.2, 0.25) is 0 Å². The van der Waals surface area contributed by atoms with Crippen molar-refractivity contribution in [1.29, 1.82) is 0 Å². The number of amides is 6. The fourth-order valence-electron chi connectivity index (χ4n) is 8.14. The molecular formula is C50H75N7O15. The summed E-state index contributed by atoms with van der Waals surface area (Å²) in [6, 6.07) is -0.641. The smallest absolute Gasteiger partial charge is 0.410 e. The highest BCUT2D eigenvalue weighted by atomic mass is 16.6. The number of nitrogens with zero attached hydrogens (tertiary/aromatic N) is 3. The van der Waals surface area contributed by atoms with Gasteiger partial charge in [0.25, 0.3) is 0 Å². The Bertz CT molecular complexity index is 2380. The number of carbonyl (C=O) groups excluding carboxylic acids is 6. The molecule has 22 heteroatoms. The second-order valence-electron chi connectivity index (χ2n) is 21.0. The Labute approximate surface area is 420 Å². The number of hydrogen-bond acceptors (Lipinski definition) is 11. The highest BCUT2D eigenvalue weighted by molar-refractivity contribution is 5.98. The predicted octanol–water partition coefficient (Wildman–Crippen LogP) is 3.79. The average molecular weight is 1010 g/mol. The van der Waals surface area contributed by atoms with E-state index in [1.165, 1.54) is 36.9 Å². The number of fused-ring (bicyclic) bond motifs is 1. The summed E-state index contributed by atoms with van der Waals surface area (Å²) in [5, 5.41) is 48.0. The Morgan fingerprint density at radius 2 is 1.21 bits per heavy atom. The summed E-state index contributed by atoms with van der Waals surface area (Å²) in [7, 11) is 4.83. The number of aliphatic carboxylic acids is 4. The van der Waals surface area contributed by atoms with Gasteiger partial charge in [-0.05, 0) is 69.9 Å². The number of likely N-dealkylation sites (N-methyl/N-ethyl adjacent to an activating group) is 2. The van der Waals surface area contributed by atoms with E-state index in [4.69, 9.17) is 14.9 Å². The van der Waals surface area contributed by atoms with Crippen LogP contribution in [0.3, 0.4) is 0 Å². The van der Waals surface area contributed by atoms with Crippen molar-refractivity contribution in [3.8, 4) is 0 Å². The molecule has 0 aliphatic heterocycles. The Morgan fingerprint density at radius 1 is 0.694 bits per heavy atom. The first-order chi connectivity index (χ1) is 33.0. The molecule has 0 radical (unpaired) electrons. The molecule has 6 atom stereocenters. The van der Waals surface area contributed by atoms with Gasteiger partial charge in [-0.25, -0.2) is 14.4 Å². The maximum Gasteiger partial charge on any atom is 0.410 e. The van der Waals surface area contributed by atoms with Crippen molar-refractivity contribution in [3.05, 3.63) is 47.7 Å². The molecule has 1 aromatic carbocycles. The molecule has 2 rings (SSSR count). The van der Waals surface area contributed by atoms with E-state index in [0.29, 0.717) is 0 Å². The molecule has 0 saturated heterocycles. The second kappa shape index (κ2) is 25.4. The zero-order valence-corrected chi connectivity index (χ0v) is 43.9. The lowest BCUT2D eigenvalue weighted by Crippen LogP contribution is -2.63. The van der Waals surface area contributed by atoms with E-state index in [0.717, 1.165) is 16.5 Å². The molecule has 0 aliphatic carbocycles. The highest BCUT2D eigenvalue weighted by Gasteiger charge is 2.47. The summed E-state index contributed by atoms with van der Waals surface area (Å²) in [5.41, 5.74) is -1.33. The number of hydrogen-bond donors (Lipinski definition) is 8. The van der Waals surface area contributed by atoms with Crippen LogP contribution in [0.4, 0.5) is 4.79 Å². The summed E-state index contributed by atoms with van der Waals surface area (Å²) >= 11 is 0. The maximum absolute atomic E-state index is 15.0. The number of ether oxygens (including phenoxy) is 1. The van der Waals surface area contributed by atoms with Crippen LogP contribution >= 0.6 is 0 Å². The third-order valence-corrected chi connectivity index (χ3v) is 12.1. The zero-order valence-electron chi connectivity index (χ0n) is 43.9. The van der Waals surface area contributed by atoms with Crippen LogP contribution < -0.4 is 21.3 Å². The first-order valence-corrected chi connectivity index (χ1v) is 23.6. The second-order valence-corrected chi connectivity index (χ2v) is 21.0. The van der Waals surface area contributed by atoms with Crippen LogP contribution in [0.5, 0.6) is 0 Å². The molecule has 0 aliphatic rings. The van der Waals surface area contributed by atoms with E-state index in [2.05, 4.69) is 21.3 Å². The molecule has 1 heterocycles. The van der Waals surface area contributed by atoms with Gasteiger partial charge in [-0.3, -0.25) is 38.5 Å². The summed E-state index contributed by atoms with van der Waals surface area (Å²) in [6.45, 7) is 19.0. The van der Waals surface area contributed by atoms with Crippen LogP contribution in [0.15, 0.2) is 42.1 Å². The first kappa shape index (κ1) is 61.1. The topological polar surface area (TPSA) is 320 Å². The summed E-state index contributed by atoms with van der Waals surface area (Å²) < 4.78 is 7.66. The minimum atomic E-state index is -1.72. The predicted molar refractivity (Wildman–Crippen MR) is 264 cm³/mol. The van der Waals surface area contributed by atoms with Crippen molar-refractivity contribution in [2.45, 2.75) is 162 Å². The largest absolute Gasteiger partial charge is 0.481 e. The first-order valence-electron chi connectivity index (χ1n) is 23.6. The third kappa shape index (κ3) is 17.4. The molecule has 0 saturated carbocycles. The Hall–Kier alpha value is -7.00. The number of rotatable bonds is 25. The van der Waals surface area contributed by atoms with Crippen molar-refractivity contribution >= 4 is 70.4 Å². The van der Waals surface area contributed by atoms with E-state index < -0.39 is 151 Å². The average Bonchev–Trinajstić information content (AvgIpc) is 3.60. The van der Waals surface area contributed by atoms with Crippen molar-refractivity contribution in [1.82, 2.24) is 35.6 Å². The highest BCUT2D eigenvalue weighted by Crippen LogP contribution is 2.37. The van der Waals surface area contributed by atoms with Crippen molar-refractivity contribution < 1.29 is 73.1 Å². The van der Waals surface area contributed by atoms with Gasteiger partial charge in [-0.1, -0.05) is 72.7 Å². The Morgan fingerprint density at radius 3 is 1.69 bits per heavy atom. The molecule has 0 bridgehead atoms. The van der Waals surface area contributed by atoms with Gasteiger partial charge in [0.1, 0.15) is 35.8 Å². The van der Waals surface area contributed by atoms with Crippen LogP contribution in [0, 0.1) is 11.3 Å². The van der Waals surface area contributed by atoms with Crippen LogP contribution in [-0.4, -0.2) is 150 Å². The normalized spacial score (nSPS) is 14.7. The number of carbonyl (C=O) groups is 10. The fourth-order valence-corrected chi connectivity index (χ4v) is 8.14. The fraction of sp³-hybridized carbons (Fsp3) is 0.600. The molecule has 6 amide bonds. The minimum absolute atomic E-state index is 0.0388. The van der Waals surface area contributed by atoms with Gasteiger partial charge in [0, 0.05) is 68.5 Å². The standard InChI is InChI=1S/C50H75N7O15/c1-27(2)35(25-28(3)41(63)52-31(42(64)53-33(46(69)70)21-24-38(61)62)19-22-36(58)51-32(45(67)68)20-23-37(59)60)56(13)44(66)39(48(4,5)6)54-43(65)40(57(14)47(71)72-49(7,8)9)50(10,11)30-26-55(12)34-18-16-15-17-29(30)34/h15-18,25-27,31-33,35,39-40H,19-24H2,1-14H3,(H,51,58)(H,52,63)(H,53,64)(H,54,65)(H,59,60)(H,61,62)(H,67,68)(H,69,70)/b28-25+/t31-,32-,33-,35+,39?,40+/m0/s1. The van der Waals surface area contributed by atoms with Gasteiger partial charge in [0.05, 0.1) is 6.04 Å². The molecule has 2 aromatic rings. The van der Waals surface area contributed by atoms with Crippen LogP contribution in [0.1, 0.15) is 120 Å². The number of aryl methyl sites for hydroxylation is 1. The molecule has 1 aromatic heterocycles. The van der Waals surface area contributed by atoms with Gasteiger partial charge < -0.3 is 55.9 Å². The van der Waals surface area contributed by atoms with Gasteiger partial charge in [-0.15, -0.1) is 0 Å². The maximum atomic E-state index is 15.0. The molecular weight excluding hydrogens is 939 g/mol. The van der Waals surface area contributed by atoms with E-state index in [1.54, 1.807) is 55.4 Å². The number of aromatic nitrogens is 1. The van der Waals surface area contributed by atoms with Crippen molar-refractivity contribution in [2.24, 2.45) is 18.4 Å². The van der Waals surface area contributed by atoms with E-state index in [1.807, 2.05) is 55.9 Å². The lowest BCUT2D eigenvalue weighted by atomic mass is 9.76. The number of carboxylic acids is 4. The quantitative estimate of drug-likeness (QED) is 0.0657. The SMILES string of the molecule is C/C(=C\[C@H](C(C)C)N(C)C(=O)C(NC(=O)[C@@H](N(C)C(=O)OC(C)(C)C)C(C)(C)c1cn(C)c2ccccc12)C(C)(C)C)C(=O)N[C@@H](CCC(=O)N[C@@H](CCC(=O)O)C(=O)O)C(=O)N[C@@H](CCC(=O)O)C(=O)O. The van der Waals surface area contributed by atoms with Gasteiger partial charge in [0.15, 0.2) is 0 Å². The minimum Gasteiger partial charge on any atom is -0.481 e. The van der Waals surface area contributed by atoms with Crippen LogP contribution in [-0.2, 0) is 60.4 Å². The molecule has 72 heavy (non-hydrogen) atoms. The Balaban J connectivity index is 2.57.